The van der Waals surface area contributed by atoms with Gasteiger partial charge in [0.1, 0.15) is 5.69 Å². The van der Waals surface area contributed by atoms with Crippen LogP contribution in [0.25, 0.3) is 10.9 Å². The van der Waals surface area contributed by atoms with Crippen LogP contribution in [0, 0.1) is 0 Å². The number of H-pyrrole nitrogens is 2. The fraction of sp³-hybridized carbons (Fsp3) is 0.133. The number of nitrogens with zero attached hydrogens (tertiary/aromatic N) is 1. The van der Waals surface area contributed by atoms with Crippen LogP contribution in [0.4, 0.5) is 0 Å². The van der Waals surface area contributed by atoms with Crippen molar-refractivity contribution in [3.63, 3.8) is 0 Å². The Morgan fingerprint density at radius 1 is 1.36 bits per heavy atom. The van der Waals surface area contributed by atoms with Crippen molar-refractivity contribution in [3.8, 4) is 0 Å². The first-order valence-corrected chi connectivity index (χ1v) is 7.38. The van der Waals surface area contributed by atoms with Crippen LogP contribution >= 0.6 is 15.9 Å². The summed E-state index contributed by atoms with van der Waals surface area (Å²) < 4.78 is 6.07. The molecule has 7 heteroatoms. The Labute approximate surface area is 133 Å². The predicted octanol–water partition coefficient (Wildman–Crippen LogP) is 2.93. The number of hydrogen-bond donors (Lipinski definition) is 2. The molecule has 0 amide bonds. The minimum Gasteiger partial charge on any atom is -0.450 e. The molecule has 0 bridgehead atoms. The maximum atomic E-state index is 12.0. The second kappa shape index (κ2) is 5.76. The van der Waals surface area contributed by atoms with E-state index >= 15 is 0 Å². The second-order valence-electron chi connectivity index (χ2n) is 4.75. The van der Waals surface area contributed by atoms with E-state index in [0.29, 0.717) is 22.4 Å². The van der Waals surface area contributed by atoms with Crippen molar-refractivity contribution in [2.45, 2.75) is 13.0 Å². The number of aromatic nitrogens is 3. The third-order valence-electron chi connectivity index (χ3n) is 3.17. The summed E-state index contributed by atoms with van der Waals surface area (Å²) in [6.45, 7) is 1.66. The predicted molar refractivity (Wildman–Crippen MR) is 84.7 cm³/mol. The van der Waals surface area contributed by atoms with Gasteiger partial charge in [0, 0.05) is 10.7 Å². The van der Waals surface area contributed by atoms with Gasteiger partial charge in [-0.25, -0.2) is 9.78 Å². The van der Waals surface area contributed by atoms with Crippen LogP contribution in [0.5, 0.6) is 0 Å². The number of para-hydroxylation sites is 1. The van der Waals surface area contributed by atoms with Gasteiger partial charge in [-0.05, 0) is 41.1 Å². The van der Waals surface area contributed by atoms with Gasteiger partial charge in [0.05, 0.1) is 10.9 Å². The van der Waals surface area contributed by atoms with Gasteiger partial charge in [0.15, 0.2) is 11.9 Å². The molecule has 2 N–H and O–H groups in total. The van der Waals surface area contributed by atoms with Crippen LogP contribution in [0.2, 0.25) is 0 Å². The van der Waals surface area contributed by atoms with Crippen LogP contribution < -0.4 is 5.56 Å². The van der Waals surface area contributed by atoms with Gasteiger partial charge < -0.3 is 14.7 Å². The monoisotopic (exact) mass is 361 g/mol. The van der Waals surface area contributed by atoms with E-state index in [0.717, 1.165) is 4.47 Å². The summed E-state index contributed by atoms with van der Waals surface area (Å²) in [7, 11) is 0. The standard InChI is InChI=1S/C15H12BrN3O3/c1-8(22-15(21)12-6-9(16)7-17-12)13-18-11-5-3-2-4-10(11)14(20)19-13/h2-8,17H,1H3,(H,18,19,20)/t8-/m1/s1. The summed E-state index contributed by atoms with van der Waals surface area (Å²) in [5.74, 6) is -0.211. The quantitative estimate of drug-likeness (QED) is 0.702. The van der Waals surface area contributed by atoms with E-state index in [-0.39, 0.29) is 5.56 Å². The molecule has 0 saturated heterocycles. The molecular formula is C15H12BrN3O3. The molecule has 0 unspecified atom stereocenters. The van der Waals surface area contributed by atoms with E-state index in [4.69, 9.17) is 4.74 Å². The van der Waals surface area contributed by atoms with Gasteiger partial charge in [-0.15, -0.1) is 0 Å². The minimum absolute atomic E-state index is 0.258. The first kappa shape index (κ1) is 14.5. The SMILES string of the molecule is C[C@@H](OC(=O)c1cc(Br)c[nH]1)c1nc2ccccc2c(=O)[nH]1. The van der Waals surface area contributed by atoms with Gasteiger partial charge >= 0.3 is 5.97 Å². The Kier molecular flexibility index (Phi) is 3.81. The van der Waals surface area contributed by atoms with Crippen LogP contribution in [-0.4, -0.2) is 20.9 Å². The average molecular weight is 362 g/mol. The molecule has 0 fully saturated rings. The lowest BCUT2D eigenvalue weighted by Gasteiger charge is -2.12. The third-order valence-corrected chi connectivity index (χ3v) is 3.63. The number of esters is 1. The van der Waals surface area contributed by atoms with E-state index in [9.17, 15) is 9.59 Å². The van der Waals surface area contributed by atoms with Crippen LogP contribution in [0.15, 0.2) is 45.8 Å². The normalized spacial score (nSPS) is 12.3. The summed E-state index contributed by atoms with van der Waals surface area (Å²) in [5, 5.41) is 0.498. The molecular weight excluding hydrogens is 350 g/mol. The highest BCUT2D eigenvalue weighted by molar-refractivity contribution is 9.10. The van der Waals surface area contributed by atoms with Crippen LogP contribution in [-0.2, 0) is 4.74 Å². The van der Waals surface area contributed by atoms with E-state index in [1.165, 1.54) is 0 Å². The number of fused-ring (bicyclic) bond motifs is 1. The van der Waals surface area contributed by atoms with Gasteiger partial charge in [0.25, 0.3) is 5.56 Å². The Morgan fingerprint density at radius 3 is 2.86 bits per heavy atom. The van der Waals surface area contributed by atoms with Crippen molar-refractivity contribution in [2.75, 3.05) is 0 Å². The number of rotatable bonds is 3. The van der Waals surface area contributed by atoms with Gasteiger partial charge in [-0.1, -0.05) is 12.1 Å². The molecule has 0 spiro atoms. The fourth-order valence-electron chi connectivity index (χ4n) is 2.06. The number of carbonyl (C=O) groups excluding carboxylic acids is 1. The molecule has 112 valence electrons. The number of halogens is 1. The first-order chi connectivity index (χ1) is 10.5. The second-order valence-corrected chi connectivity index (χ2v) is 5.66. The smallest absolute Gasteiger partial charge is 0.355 e. The molecule has 3 rings (SSSR count). The van der Waals surface area contributed by atoms with E-state index in [2.05, 4.69) is 30.9 Å². The zero-order valence-corrected chi connectivity index (χ0v) is 13.2. The number of nitrogens with one attached hydrogen (secondary N) is 2. The van der Waals surface area contributed by atoms with E-state index < -0.39 is 12.1 Å². The maximum absolute atomic E-state index is 12.0. The zero-order valence-electron chi connectivity index (χ0n) is 11.6. The number of ether oxygens (including phenoxy) is 1. The Morgan fingerprint density at radius 2 is 2.14 bits per heavy atom. The number of carbonyl (C=O) groups is 1. The topological polar surface area (TPSA) is 87.8 Å². The lowest BCUT2D eigenvalue weighted by atomic mass is 10.2. The lowest BCUT2D eigenvalue weighted by molar-refractivity contribution is 0.0314. The van der Waals surface area contributed by atoms with Crippen molar-refractivity contribution >= 4 is 32.8 Å². The van der Waals surface area contributed by atoms with E-state index in [1.54, 1.807) is 43.5 Å². The molecule has 0 aliphatic rings. The third kappa shape index (κ3) is 2.80. The zero-order chi connectivity index (χ0) is 15.7. The summed E-state index contributed by atoms with van der Waals surface area (Å²) in [4.78, 5) is 33.8. The molecule has 0 aliphatic carbocycles. The molecule has 1 aromatic carbocycles. The van der Waals surface area contributed by atoms with Crippen molar-refractivity contribution in [1.29, 1.82) is 0 Å². The maximum Gasteiger partial charge on any atom is 0.355 e. The van der Waals surface area contributed by atoms with Gasteiger partial charge in [0.2, 0.25) is 0 Å². The lowest BCUT2D eigenvalue weighted by Crippen LogP contribution is -2.17. The molecule has 0 saturated carbocycles. The molecule has 2 aromatic heterocycles. The Bertz CT molecular complexity index is 900. The highest BCUT2D eigenvalue weighted by Crippen LogP contribution is 2.17. The Hall–Kier alpha value is -2.41. The summed E-state index contributed by atoms with van der Waals surface area (Å²) in [6, 6.07) is 8.62. The van der Waals surface area contributed by atoms with Gasteiger partial charge in [-0.2, -0.15) is 0 Å². The molecule has 0 radical (unpaired) electrons. The molecule has 3 aromatic rings. The van der Waals surface area contributed by atoms with Gasteiger partial charge in [-0.3, -0.25) is 4.79 Å². The summed E-state index contributed by atoms with van der Waals surface area (Å²) in [5.41, 5.74) is 0.625. The fourth-order valence-corrected chi connectivity index (χ4v) is 2.41. The summed E-state index contributed by atoms with van der Waals surface area (Å²) in [6.07, 6.45) is 0.962. The largest absolute Gasteiger partial charge is 0.450 e. The molecule has 22 heavy (non-hydrogen) atoms. The van der Waals surface area contributed by atoms with Crippen LogP contribution in [0.1, 0.15) is 29.3 Å². The molecule has 6 nitrogen and oxygen atoms in total. The van der Waals surface area contributed by atoms with Crippen LogP contribution in [0.3, 0.4) is 0 Å². The Balaban J connectivity index is 1.87. The van der Waals surface area contributed by atoms with Crippen molar-refractivity contribution in [1.82, 2.24) is 15.0 Å². The number of aromatic amines is 2. The highest BCUT2D eigenvalue weighted by atomic mass is 79.9. The first-order valence-electron chi connectivity index (χ1n) is 6.58. The van der Waals surface area contributed by atoms with E-state index in [1.807, 2.05) is 0 Å². The van der Waals surface area contributed by atoms with Crippen molar-refractivity contribution < 1.29 is 9.53 Å². The van der Waals surface area contributed by atoms with Crippen molar-refractivity contribution in [3.05, 3.63) is 62.9 Å². The summed E-state index contributed by atoms with van der Waals surface area (Å²) >= 11 is 3.25. The molecule has 2 heterocycles. The van der Waals surface area contributed by atoms with Crippen molar-refractivity contribution in [2.24, 2.45) is 0 Å². The number of benzene rings is 1. The molecule has 1 atom stereocenters. The molecule has 0 aliphatic heterocycles. The highest BCUT2D eigenvalue weighted by Gasteiger charge is 2.17. The minimum atomic E-state index is -0.674. The average Bonchev–Trinajstić information content (AvgIpc) is 2.94. The number of hydrogen-bond acceptors (Lipinski definition) is 4.